The van der Waals surface area contributed by atoms with Crippen LogP contribution < -0.4 is 4.74 Å². The maximum absolute atomic E-state index is 12.4. The molecule has 0 aromatic carbocycles. The molecular formula is C12H14F3NO3. The van der Waals surface area contributed by atoms with Crippen molar-refractivity contribution in [1.82, 2.24) is 4.98 Å². The van der Waals surface area contributed by atoms with Crippen LogP contribution >= 0.6 is 0 Å². The van der Waals surface area contributed by atoms with Gasteiger partial charge in [-0.2, -0.15) is 13.2 Å². The van der Waals surface area contributed by atoms with E-state index in [9.17, 15) is 18.0 Å². The molecule has 0 aliphatic rings. The molecule has 1 heterocycles. The summed E-state index contributed by atoms with van der Waals surface area (Å²) in [6.45, 7) is 4.53. The zero-order chi connectivity index (χ0) is 14.7. The monoisotopic (exact) mass is 277 g/mol. The molecule has 0 aliphatic heterocycles. The third kappa shape index (κ3) is 5.58. The summed E-state index contributed by atoms with van der Waals surface area (Å²) < 4.78 is 46.9. The molecule has 7 heteroatoms. The Morgan fingerprint density at radius 2 is 1.89 bits per heavy atom. The maximum Gasteiger partial charge on any atom is 0.433 e. The average molecular weight is 277 g/mol. The number of carbonyl (C=O) groups is 1. The highest BCUT2D eigenvalue weighted by molar-refractivity contribution is 5.71. The second-order valence-corrected chi connectivity index (χ2v) is 4.73. The fourth-order valence-electron chi connectivity index (χ4n) is 1.16. The van der Waals surface area contributed by atoms with Gasteiger partial charge in [0.25, 0.3) is 0 Å². The van der Waals surface area contributed by atoms with E-state index in [1.54, 1.807) is 20.8 Å². The van der Waals surface area contributed by atoms with Gasteiger partial charge in [-0.1, -0.05) is 6.07 Å². The first-order chi connectivity index (χ1) is 8.58. The molecule has 0 radical (unpaired) electrons. The number of ether oxygens (including phenoxy) is 2. The summed E-state index contributed by atoms with van der Waals surface area (Å²) in [6.07, 6.45) is -4.55. The normalized spacial score (nSPS) is 12.1. The number of esters is 1. The van der Waals surface area contributed by atoms with Gasteiger partial charge in [0.1, 0.15) is 11.3 Å². The van der Waals surface area contributed by atoms with Gasteiger partial charge in [0.05, 0.1) is 0 Å². The van der Waals surface area contributed by atoms with Crippen LogP contribution in [0.2, 0.25) is 0 Å². The van der Waals surface area contributed by atoms with Crippen LogP contribution in [0.4, 0.5) is 13.2 Å². The van der Waals surface area contributed by atoms with Crippen molar-refractivity contribution >= 4 is 5.97 Å². The first-order valence-electron chi connectivity index (χ1n) is 5.47. The predicted molar refractivity (Wildman–Crippen MR) is 60.6 cm³/mol. The van der Waals surface area contributed by atoms with Gasteiger partial charge in [0.2, 0.25) is 5.88 Å². The van der Waals surface area contributed by atoms with Crippen molar-refractivity contribution in [3.05, 3.63) is 23.9 Å². The summed E-state index contributed by atoms with van der Waals surface area (Å²) in [5.41, 5.74) is -1.75. The highest BCUT2D eigenvalue weighted by atomic mass is 19.4. The zero-order valence-electron chi connectivity index (χ0n) is 10.7. The van der Waals surface area contributed by atoms with Crippen LogP contribution in [0.15, 0.2) is 18.2 Å². The van der Waals surface area contributed by atoms with E-state index in [1.165, 1.54) is 6.07 Å². The van der Waals surface area contributed by atoms with E-state index < -0.39 is 30.0 Å². The number of hydrogen-bond donors (Lipinski definition) is 0. The van der Waals surface area contributed by atoms with Gasteiger partial charge < -0.3 is 9.47 Å². The summed E-state index contributed by atoms with van der Waals surface area (Å²) in [5, 5.41) is 0. The van der Waals surface area contributed by atoms with Crippen molar-refractivity contribution in [2.45, 2.75) is 32.5 Å². The maximum atomic E-state index is 12.4. The second-order valence-electron chi connectivity index (χ2n) is 4.73. The number of nitrogens with zero attached hydrogens (tertiary/aromatic N) is 1. The molecule has 0 atom stereocenters. The molecule has 0 saturated carbocycles. The SMILES string of the molecule is CC(C)(C)OC(=O)COc1cccc(C(F)(F)F)n1. The van der Waals surface area contributed by atoms with Crippen LogP contribution in [0, 0.1) is 0 Å². The quantitative estimate of drug-likeness (QED) is 0.797. The predicted octanol–water partition coefficient (Wildman–Crippen LogP) is 2.82. The van der Waals surface area contributed by atoms with E-state index in [1.807, 2.05) is 0 Å². The van der Waals surface area contributed by atoms with Gasteiger partial charge in [0, 0.05) is 6.07 Å². The van der Waals surface area contributed by atoms with E-state index in [0.29, 0.717) is 0 Å². The topological polar surface area (TPSA) is 48.4 Å². The van der Waals surface area contributed by atoms with Gasteiger partial charge in [-0.05, 0) is 26.8 Å². The van der Waals surface area contributed by atoms with Gasteiger partial charge in [-0.15, -0.1) is 0 Å². The minimum atomic E-state index is -4.55. The highest BCUT2D eigenvalue weighted by Gasteiger charge is 2.32. The number of alkyl halides is 3. The largest absolute Gasteiger partial charge is 0.466 e. The van der Waals surface area contributed by atoms with Crippen molar-refractivity contribution in [2.24, 2.45) is 0 Å². The lowest BCUT2D eigenvalue weighted by atomic mass is 10.2. The summed E-state index contributed by atoms with van der Waals surface area (Å²) in [7, 11) is 0. The molecule has 0 unspecified atom stereocenters. The van der Waals surface area contributed by atoms with Crippen molar-refractivity contribution in [3.8, 4) is 5.88 Å². The van der Waals surface area contributed by atoms with E-state index in [0.717, 1.165) is 12.1 Å². The number of pyridine rings is 1. The van der Waals surface area contributed by atoms with Crippen molar-refractivity contribution in [3.63, 3.8) is 0 Å². The van der Waals surface area contributed by atoms with Crippen LogP contribution in [0.25, 0.3) is 0 Å². The second kappa shape index (κ2) is 5.46. The molecule has 106 valence electrons. The van der Waals surface area contributed by atoms with Crippen LogP contribution in [-0.2, 0) is 15.7 Å². The average Bonchev–Trinajstić information content (AvgIpc) is 2.23. The summed E-state index contributed by atoms with van der Waals surface area (Å²) in [4.78, 5) is 14.6. The number of halogens is 3. The molecule has 1 rings (SSSR count). The molecule has 0 fully saturated rings. The first-order valence-corrected chi connectivity index (χ1v) is 5.47. The van der Waals surface area contributed by atoms with E-state index in [-0.39, 0.29) is 5.88 Å². The van der Waals surface area contributed by atoms with Crippen LogP contribution in [-0.4, -0.2) is 23.2 Å². The minimum absolute atomic E-state index is 0.277. The van der Waals surface area contributed by atoms with Gasteiger partial charge >= 0.3 is 12.1 Å². The number of carbonyl (C=O) groups excluding carboxylic acids is 1. The Bertz CT molecular complexity index is 452. The molecule has 0 aliphatic carbocycles. The molecule has 1 aromatic rings. The molecule has 4 nitrogen and oxygen atoms in total. The highest BCUT2D eigenvalue weighted by Crippen LogP contribution is 2.28. The first kappa shape index (κ1) is 15.3. The van der Waals surface area contributed by atoms with E-state index in [2.05, 4.69) is 4.98 Å². The van der Waals surface area contributed by atoms with Crippen LogP contribution in [0.5, 0.6) is 5.88 Å². The molecular weight excluding hydrogens is 263 g/mol. The summed E-state index contributed by atoms with van der Waals surface area (Å²) >= 11 is 0. The third-order valence-corrected chi connectivity index (χ3v) is 1.77. The van der Waals surface area contributed by atoms with E-state index >= 15 is 0 Å². The minimum Gasteiger partial charge on any atom is -0.466 e. The Labute approximate surface area is 108 Å². The Hall–Kier alpha value is -1.79. The van der Waals surface area contributed by atoms with Gasteiger partial charge in [-0.3, -0.25) is 0 Å². The summed E-state index contributed by atoms with van der Waals surface area (Å²) in [6, 6.07) is 3.21. The lowest BCUT2D eigenvalue weighted by Crippen LogP contribution is -2.27. The fourth-order valence-corrected chi connectivity index (χ4v) is 1.16. The Kier molecular flexibility index (Phi) is 4.39. The zero-order valence-corrected chi connectivity index (χ0v) is 10.7. The molecule has 0 amide bonds. The standard InChI is InChI=1S/C12H14F3NO3/c1-11(2,3)19-10(17)7-18-9-6-4-5-8(16-9)12(13,14)15/h4-6H,7H2,1-3H3. The number of aromatic nitrogens is 1. The van der Waals surface area contributed by atoms with E-state index in [4.69, 9.17) is 9.47 Å². The van der Waals surface area contributed by atoms with Crippen LogP contribution in [0.3, 0.4) is 0 Å². The lowest BCUT2D eigenvalue weighted by molar-refractivity contribution is -0.157. The summed E-state index contributed by atoms with van der Waals surface area (Å²) in [5.74, 6) is -0.951. The van der Waals surface area contributed by atoms with Crippen molar-refractivity contribution in [1.29, 1.82) is 0 Å². The smallest absolute Gasteiger partial charge is 0.433 e. The molecule has 0 bridgehead atoms. The molecule has 19 heavy (non-hydrogen) atoms. The van der Waals surface area contributed by atoms with Crippen LogP contribution in [0.1, 0.15) is 26.5 Å². The van der Waals surface area contributed by atoms with Crippen molar-refractivity contribution < 1.29 is 27.4 Å². The lowest BCUT2D eigenvalue weighted by Gasteiger charge is -2.19. The molecule has 0 saturated heterocycles. The molecule has 0 N–H and O–H groups in total. The molecule has 0 spiro atoms. The fraction of sp³-hybridized carbons (Fsp3) is 0.500. The van der Waals surface area contributed by atoms with Gasteiger partial charge in [0.15, 0.2) is 6.61 Å². The Balaban J connectivity index is 2.62. The third-order valence-electron chi connectivity index (χ3n) is 1.77. The van der Waals surface area contributed by atoms with Gasteiger partial charge in [-0.25, -0.2) is 9.78 Å². The number of hydrogen-bond acceptors (Lipinski definition) is 4. The van der Waals surface area contributed by atoms with Crippen molar-refractivity contribution in [2.75, 3.05) is 6.61 Å². The Morgan fingerprint density at radius 3 is 2.42 bits per heavy atom. The molecule has 1 aromatic heterocycles. The Morgan fingerprint density at radius 1 is 1.26 bits per heavy atom. The number of rotatable bonds is 3.